The van der Waals surface area contributed by atoms with Gasteiger partial charge in [0.25, 0.3) is 0 Å². The fourth-order valence-corrected chi connectivity index (χ4v) is 3.85. The molecule has 0 amide bonds. The molecule has 0 aliphatic carbocycles. The van der Waals surface area contributed by atoms with Gasteiger partial charge in [-0.1, -0.05) is 50.1 Å². The zero-order valence-electron chi connectivity index (χ0n) is 12.8. The number of carbonyl (C=O) groups excluding carboxylic acids is 1. The van der Waals surface area contributed by atoms with Crippen molar-refractivity contribution in [1.82, 2.24) is 4.90 Å². The van der Waals surface area contributed by atoms with Crippen LogP contribution in [0.3, 0.4) is 0 Å². The highest BCUT2D eigenvalue weighted by Crippen LogP contribution is 2.37. The van der Waals surface area contributed by atoms with Crippen LogP contribution in [-0.4, -0.2) is 30.1 Å². The number of hydrogen-bond donors (Lipinski definition) is 0. The standard InChI is InChI=1S/C18H25NO2/c1-2-3-8-15-11-7-12-19-16(13-21-18(20)17(15)19)14-9-5-4-6-10-14/h4-6,9-10,15-17H,2-3,7-8,11-13H2,1H3/t15-,16+,17+/m1/s1. The molecule has 0 spiro atoms. The molecule has 0 radical (unpaired) electrons. The summed E-state index contributed by atoms with van der Waals surface area (Å²) in [6.07, 6.45) is 5.91. The van der Waals surface area contributed by atoms with E-state index in [2.05, 4.69) is 36.1 Å². The second kappa shape index (κ2) is 6.61. The van der Waals surface area contributed by atoms with Crippen LogP contribution in [0.25, 0.3) is 0 Å². The molecule has 21 heavy (non-hydrogen) atoms. The lowest BCUT2D eigenvalue weighted by Crippen LogP contribution is -2.56. The monoisotopic (exact) mass is 287 g/mol. The predicted molar refractivity (Wildman–Crippen MR) is 82.9 cm³/mol. The van der Waals surface area contributed by atoms with E-state index in [0.29, 0.717) is 12.5 Å². The van der Waals surface area contributed by atoms with Crippen molar-refractivity contribution in [3.63, 3.8) is 0 Å². The minimum atomic E-state index is -0.0238. The molecule has 1 aromatic carbocycles. The van der Waals surface area contributed by atoms with Crippen LogP contribution >= 0.6 is 0 Å². The first-order valence-electron chi connectivity index (χ1n) is 8.28. The van der Waals surface area contributed by atoms with Gasteiger partial charge in [0.2, 0.25) is 0 Å². The van der Waals surface area contributed by atoms with E-state index in [1.807, 2.05) is 6.07 Å². The summed E-state index contributed by atoms with van der Waals surface area (Å²) >= 11 is 0. The lowest BCUT2D eigenvalue weighted by molar-refractivity contribution is -0.170. The topological polar surface area (TPSA) is 29.5 Å². The summed E-state index contributed by atoms with van der Waals surface area (Å²) in [6, 6.07) is 10.7. The second-order valence-electron chi connectivity index (χ2n) is 6.28. The molecule has 1 aromatic rings. The molecule has 0 unspecified atom stereocenters. The molecule has 2 heterocycles. The molecule has 3 nitrogen and oxygen atoms in total. The zero-order chi connectivity index (χ0) is 14.7. The van der Waals surface area contributed by atoms with Crippen molar-refractivity contribution in [3.8, 4) is 0 Å². The van der Waals surface area contributed by atoms with E-state index in [1.54, 1.807) is 0 Å². The van der Waals surface area contributed by atoms with Crippen molar-refractivity contribution in [2.45, 2.75) is 51.1 Å². The van der Waals surface area contributed by atoms with E-state index in [0.717, 1.165) is 19.4 Å². The molecular formula is C18H25NO2. The fraction of sp³-hybridized carbons (Fsp3) is 0.611. The number of benzene rings is 1. The Hall–Kier alpha value is -1.35. The minimum absolute atomic E-state index is 0.00276. The Labute approximate surface area is 127 Å². The first kappa shape index (κ1) is 14.6. The van der Waals surface area contributed by atoms with Gasteiger partial charge in [0.15, 0.2) is 0 Å². The molecule has 2 aliphatic rings. The maximum atomic E-state index is 12.3. The van der Waals surface area contributed by atoms with Crippen LogP contribution in [-0.2, 0) is 9.53 Å². The molecule has 3 heteroatoms. The van der Waals surface area contributed by atoms with Gasteiger partial charge >= 0.3 is 5.97 Å². The third-order valence-electron chi connectivity index (χ3n) is 4.93. The number of hydrogen-bond acceptors (Lipinski definition) is 3. The molecule has 0 aromatic heterocycles. The first-order chi connectivity index (χ1) is 10.3. The smallest absolute Gasteiger partial charge is 0.323 e. The number of fused-ring (bicyclic) bond motifs is 1. The van der Waals surface area contributed by atoms with Gasteiger partial charge in [-0.05, 0) is 37.3 Å². The van der Waals surface area contributed by atoms with Gasteiger partial charge in [-0.2, -0.15) is 0 Å². The molecule has 0 N–H and O–H groups in total. The number of rotatable bonds is 4. The summed E-state index contributed by atoms with van der Waals surface area (Å²) in [4.78, 5) is 14.7. The number of piperidine rings is 1. The Bertz CT molecular complexity index is 473. The quantitative estimate of drug-likeness (QED) is 0.793. The van der Waals surface area contributed by atoms with Gasteiger partial charge in [0.1, 0.15) is 12.6 Å². The van der Waals surface area contributed by atoms with Crippen molar-refractivity contribution in [3.05, 3.63) is 35.9 Å². The van der Waals surface area contributed by atoms with Crippen LogP contribution in [0, 0.1) is 5.92 Å². The van der Waals surface area contributed by atoms with Crippen LogP contribution in [0.5, 0.6) is 0 Å². The number of cyclic esters (lactones) is 1. The number of carbonyl (C=O) groups is 1. The Kier molecular flexibility index (Phi) is 4.59. The van der Waals surface area contributed by atoms with Crippen molar-refractivity contribution in [1.29, 1.82) is 0 Å². The van der Waals surface area contributed by atoms with E-state index in [-0.39, 0.29) is 18.1 Å². The average Bonchev–Trinajstić information content (AvgIpc) is 2.54. The summed E-state index contributed by atoms with van der Waals surface area (Å²) in [5, 5.41) is 0. The highest BCUT2D eigenvalue weighted by atomic mass is 16.5. The molecule has 114 valence electrons. The normalized spacial score (nSPS) is 29.8. The van der Waals surface area contributed by atoms with E-state index < -0.39 is 0 Å². The number of nitrogens with zero attached hydrogens (tertiary/aromatic N) is 1. The third-order valence-corrected chi connectivity index (χ3v) is 4.93. The summed E-state index contributed by atoms with van der Waals surface area (Å²) in [7, 11) is 0. The number of morpholine rings is 1. The Morgan fingerprint density at radius 1 is 1.29 bits per heavy atom. The molecule has 3 rings (SSSR count). The van der Waals surface area contributed by atoms with E-state index in [1.165, 1.54) is 24.8 Å². The Balaban J connectivity index is 1.82. The van der Waals surface area contributed by atoms with Crippen LogP contribution in [0.15, 0.2) is 30.3 Å². The molecule has 2 aliphatic heterocycles. The maximum Gasteiger partial charge on any atom is 0.323 e. The highest BCUT2D eigenvalue weighted by molar-refractivity contribution is 5.77. The SMILES string of the molecule is CCCC[C@@H]1CCCN2[C@@H]1C(=O)OC[C@H]2c1ccccc1. The Morgan fingerprint density at radius 3 is 2.86 bits per heavy atom. The molecule has 2 fully saturated rings. The van der Waals surface area contributed by atoms with Crippen LogP contribution in [0.2, 0.25) is 0 Å². The van der Waals surface area contributed by atoms with E-state index in [9.17, 15) is 4.79 Å². The number of unbranched alkanes of at least 4 members (excludes halogenated alkanes) is 1. The lowest BCUT2D eigenvalue weighted by Gasteiger charge is -2.47. The highest BCUT2D eigenvalue weighted by Gasteiger charge is 2.44. The van der Waals surface area contributed by atoms with Crippen molar-refractivity contribution in [2.75, 3.05) is 13.2 Å². The maximum absolute atomic E-state index is 12.3. The fourth-order valence-electron chi connectivity index (χ4n) is 3.85. The lowest BCUT2D eigenvalue weighted by atomic mass is 9.83. The third kappa shape index (κ3) is 2.98. The van der Waals surface area contributed by atoms with Gasteiger partial charge < -0.3 is 4.74 Å². The van der Waals surface area contributed by atoms with Gasteiger partial charge in [-0.3, -0.25) is 9.69 Å². The zero-order valence-corrected chi connectivity index (χ0v) is 12.8. The molecule has 3 atom stereocenters. The molecule has 0 bridgehead atoms. The van der Waals surface area contributed by atoms with Crippen molar-refractivity contribution < 1.29 is 9.53 Å². The van der Waals surface area contributed by atoms with E-state index >= 15 is 0 Å². The molecule has 0 saturated carbocycles. The van der Waals surface area contributed by atoms with Crippen LogP contribution < -0.4 is 0 Å². The number of esters is 1. The summed E-state index contributed by atoms with van der Waals surface area (Å²) in [6.45, 7) is 3.73. The summed E-state index contributed by atoms with van der Waals surface area (Å²) in [5.41, 5.74) is 1.27. The van der Waals surface area contributed by atoms with Crippen molar-refractivity contribution in [2.24, 2.45) is 5.92 Å². The van der Waals surface area contributed by atoms with Crippen molar-refractivity contribution >= 4 is 5.97 Å². The number of ether oxygens (including phenoxy) is 1. The minimum Gasteiger partial charge on any atom is -0.462 e. The largest absolute Gasteiger partial charge is 0.462 e. The van der Waals surface area contributed by atoms with Gasteiger partial charge in [0, 0.05) is 0 Å². The molecular weight excluding hydrogens is 262 g/mol. The van der Waals surface area contributed by atoms with Crippen LogP contribution in [0.4, 0.5) is 0 Å². The van der Waals surface area contributed by atoms with E-state index in [4.69, 9.17) is 4.74 Å². The van der Waals surface area contributed by atoms with Gasteiger partial charge in [-0.15, -0.1) is 0 Å². The summed E-state index contributed by atoms with van der Waals surface area (Å²) < 4.78 is 5.54. The second-order valence-corrected chi connectivity index (χ2v) is 6.28. The average molecular weight is 287 g/mol. The summed E-state index contributed by atoms with van der Waals surface area (Å²) in [5.74, 6) is 0.473. The first-order valence-corrected chi connectivity index (χ1v) is 8.28. The molecule has 2 saturated heterocycles. The Morgan fingerprint density at radius 2 is 2.10 bits per heavy atom. The van der Waals surface area contributed by atoms with Gasteiger partial charge in [0.05, 0.1) is 6.04 Å². The predicted octanol–water partition coefficient (Wildman–Crippen LogP) is 3.56. The van der Waals surface area contributed by atoms with Crippen LogP contribution in [0.1, 0.15) is 50.6 Å². The van der Waals surface area contributed by atoms with Gasteiger partial charge in [-0.25, -0.2) is 0 Å².